The second-order valence-electron chi connectivity index (χ2n) is 11.9. The fourth-order valence-corrected chi connectivity index (χ4v) is 7.35. The maximum Gasteiger partial charge on any atom is 0.0541 e. The standard InChI is InChI=1S/C42H33IN2/c1-29-13-20-34(21-14-29)44(35-22-15-30(28-43)16-23-35)36-24-17-31(18-25-36)33-19-26-42-39(27-33)38-10-4-5-11-41(38)45(42)40-12-6-8-32-7-2-3-9-37(32)40/h2-15,17-27,30H,16,28H2,1H3. The van der Waals surface area contributed by atoms with Crippen LogP contribution in [0.1, 0.15) is 12.0 Å². The smallest absolute Gasteiger partial charge is 0.0541 e. The number of rotatable bonds is 6. The van der Waals surface area contributed by atoms with Crippen LogP contribution in [-0.4, -0.2) is 8.99 Å². The number of hydrogen-bond acceptors (Lipinski definition) is 1. The molecular weight excluding hydrogens is 659 g/mol. The molecule has 7 aromatic rings. The van der Waals surface area contributed by atoms with Crippen LogP contribution < -0.4 is 4.90 Å². The van der Waals surface area contributed by atoms with Gasteiger partial charge < -0.3 is 9.47 Å². The molecule has 1 atom stereocenters. The first-order chi connectivity index (χ1) is 22.2. The normalized spacial score (nSPS) is 14.7. The van der Waals surface area contributed by atoms with Crippen LogP contribution in [-0.2, 0) is 0 Å². The lowest BCUT2D eigenvalue weighted by Crippen LogP contribution is -2.17. The number of nitrogens with zero attached hydrogens (tertiary/aromatic N) is 2. The highest BCUT2D eigenvalue weighted by atomic mass is 127. The van der Waals surface area contributed by atoms with E-state index in [9.17, 15) is 0 Å². The second-order valence-corrected chi connectivity index (χ2v) is 12.8. The number of para-hydroxylation sites is 1. The lowest BCUT2D eigenvalue weighted by Gasteiger charge is -2.29. The van der Waals surface area contributed by atoms with Crippen LogP contribution in [0.5, 0.6) is 0 Å². The van der Waals surface area contributed by atoms with Gasteiger partial charge in [0.25, 0.3) is 0 Å². The zero-order chi connectivity index (χ0) is 30.3. The SMILES string of the molecule is Cc1ccc(N(C2=CCC(CI)C=C2)c2ccc(-c3ccc4c(c3)c3ccccc3n4-c3cccc4ccccc34)cc2)cc1. The van der Waals surface area contributed by atoms with Gasteiger partial charge in [0.1, 0.15) is 0 Å². The summed E-state index contributed by atoms with van der Waals surface area (Å²) >= 11 is 2.49. The van der Waals surface area contributed by atoms with E-state index in [4.69, 9.17) is 0 Å². The molecule has 0 amide bonds. The Bertz CT molecular complexity index is 2230. The molecule has 218 valence electrons. The van der Waals surface area contributed by atoms with Crippen molar-refractivity contribution in [1.82, 2.24) is 4.57 Å². The Morgan fingerprint density at radius 2 is 1.33 bits per heavy atom. The van der Waals surface area contributed by atoms with Crippen LogP contribution in [0.2, 0.25) is 0 Å². The van der Waals surface area contributed by atoms with Gasteiger partial charge in [0.2, 0.25) is 0 Å². The number of fused-ring (bicyclic) bond motifs is 4. The minimum atomic E-state index is 0.609. The molecular formula is C42H33IN2. The number of anilines is 2. The third-order valence-electron chi connectivity index (χ3n) is 9.06. The lowest BCUT2D eigenvalue weighted by atomic mass is 9.99. The molecule has 0 radical (unpaired) electrons. The van der Waals surface area contributed by atoms with E-state index in [1.165, 1.54) is 72.0 Å². The summed E-state index contributed by atoms with van der Waals surface area (Å²) in [5, 5.41) is 5.05. The number of halogens is 1. The molecule has 3 heteroatoms. The second kappa shape index (κ2) is 11.7. The Kier molecular flexibility index (Phi) is 7.27. The van der Waals surface area contributed by atoms with Crippen molar-refractivity contribution < 1.29 is 0 Å². The number of benzene rings is 6. The van der Waals surface area contributed by atoms with Gasteiger partial charge >= 0.3 is 0 Å². The summed E-state index contributed by atoms with van der Waals surface area (Å²) in [6.45, 7) is 2.14. The number of allylic oxidation sites excluding steroid dienone is 3. The Morgan fingerprint density at radius 1 is 0.667 bits per heavy atom. The zero-order valence-corrected chi connectivity index (χ0v) is 27.4. The highest BCUT2D eigenvalue weighted by Crippen LogP contribution is 2.38. The first kappa shape index (κ1) is 27.9. The fraction of sp³-hybridized carbons (Fsp3) is 0.0952. The van der Waals surface area contributed by atoms with Crippen LogP contribution in [0.3, 0.4) is 0 Å². The predicted molar refractivity (Wildman–Crippen MR) is 201 cm³/mol. The van der Waals surface area contributed by atoms with Gasteiger partial charge in [0.05, 0.1) is 16.7 Å². The van der Waals surface area contributed by atoms with Crippen molar-refractivity contribution in [3.8, 4) is 16.8 Å². The van der Waals surface area contributed by atoms with Crippen molar-refractivity contribution >= 4 is 66.5 Å². The first-order valence-electron chi connectivity index (χ1n) is 15.6. The van der Waals surface area contributed by atoms with Gasteiger partial charge in [-0.05, 0) is 90.4 Å². The fourth-order valence-electron chi connectivity index (χ4n) is 6.69. The van der Waals surface area contributed by atoms with Crippen LogP contribution in [0, 0.1) is 12.8 Å². The number of aromatic nitrogens is 1. The van der Waals surface area contributed by atoms with Crippen molar-refractivity contribution in [2.24, 2.45) is 5.92 Å². The molecule has 1 aromatic heterocycles. The van der Waals surface area contributed by atoms with E-state index in [1.54, 1.807) is 0 Å². The van der Waals surface area contributed by atoms with Crippen LogP contribution in [0.15, 0.2) is 157 Å². The van der Waals surface area contributed by atoms with Gasteiger partial charge in [-0.3, -0.25) is 0 Å². The average molecular weight is 693 g/mol. The van der Waals surface area contributed by atoms with E-state index in [0.717, 1.165) is 10.8 Å². The van der Waals surface area contributed by atoms with E-state index in [2.05, 4.69) is 191 Å². The van der Waals surface area contributed by atoms with E-state index >= 15 is 0 Å². The first-order valence-corrected chi connectivity index (χ1v) is 17.1. The van der Waals surface area contributed by atoms with Crippen molar-refractivity contribution in [1.29, 1.82) is 0 Å². The summed E-state index contributed by atoms with van der Waals surface area (Å²) in [4.78, 5) is 2.38. The molecule has 1 heterocycles. The van der Waals surface area contributed by atoms with Crippen molar-refractivity contribution in [2.45, 2.75) is 13.3 Å². The molecule has 45 heavy (non-hydrogen) atoms. The molecule has 0 N–H and O–H groups in total. The Balaban J connectivity index is 1.21. The summed E-state index contributed by atoms with van der Waals surface area (Å²) in [5.74, 6) is 0.609. The largest absolute Gasteiger partial charge is 0.311 e. The summed E-state index contributed by atoms with van der Waals surface area (Å²) in [7, 11) is 0. The quantitative estimate of drug-likeness (QED) is 0.124. The van der Waals surface area contributed by atoms with Crippen LogP contribution in [0.25, 0.3) is 49.4 Å². The van der Waals surface area contributed by atoms with E-state index in [-0.39, 0.29) is 0 Å². The summed E-state index contributed by atoms with van der Waals surface area (Å²) in [5.41, 5.74) is 10.9. The van der Waals surface area contributed by atoms with Gasteiger partial charge in [-0.15, -0.1) is 0 Å². The molecule has 8 rings (SSSR count). The Morgan fingerprint density at radius 3 is 2.09 bits per heavy atom. The van der Waals surface area contributed by atoms with Crippen molar-refractivity contribution in [3.63, 3.8) is 0 Å². The van der Waals surface area contributed by atoms with Gasteiger partial charge in [-0.1, -0.05) is 125 Å². The topological polar surface area (TPSA) is 8.17 Å². The Labute approximate surface area is 278 Å². The molecule has 0 fully saturated rings. The molecule has 1 unspecified atom stereocenters. The van der Waals surface area contributed by atoms with Crippen LogP contribution in [0.4, 0.5) is 11.4 Å². The number of alkyl halides is 1. The third-order valence-corrected chi connectivity index (χ3v) is 10.2. The van der Waals surface area contributed by atoms with Crippen molar-refractivity contribution in [2.75, 3.05) is 9.33 Å². The molecule has 0 bridgehead atoms. The average Bonchev–Trinajstić information content (AvgIpc) is 3.43. The van der Waals surface area contributed by atoms with Gasteiger partial charge in [-0.2, -0.15) is 0 Å². The minimum Gasteiger partial charge on any atom is -0.311 e. The molecule has 0 aliphatic heterocycles. The van der Waals surface area contributed by atoms with E-state index in [0.29, 0.717) is 5.92 Å². The highest BCUT2D eigenvalue weighted by Gasteiger charge is 2.18. The molecule has 2 nitrogen and oxygen atoms in total. The third kappa shape index (κ3) is 5.05. The molecule has 0 saturated carbocycles. The van der Waals surface area contributed by atoms with E-state index in [1.807, 2.05) is 0 Å². The van der Waals surface area contributed by atoms with Gasteiger partial charge in [-0.25, -0.2) is 0 Å². The molecule has 0 spiro atoms. The summed E-state index contributed by atoms with van der Waals surface area (Å²) in [6.07, 6.45) is 8.11. The summed E-state index contributed by atoms with van der Waals surface area (Å²) < 4.78 is 3.57. The lowest BCUT2D eigenvalue weighted by molar-refractivity contribution is 0.751. The molecule has 1 aliphatic carbocycles. The molecule has 1 aliphatic rings. The maximum absolute atomic E-state index is 2.49. The number of hydrogen-bond donors (Lipinski definition) is 0. The Hall–Kier alpha value is -4.61. The monoisotopic (exact) mass is 692 g/mol. The maximum atomic E-state index is 2.49. The van der Waals surface area contributed by atoms with Gasteiger partial charge in [0, 0.05) is 37.7 Å². The zero-order valence-electron chi connectivity index (χ0n) is 25.2. The number of aryl methyl sites for hydroxylation is 1. The molecule has 6 aromatic carbocycles. The minimum absolute atomic E-state index is 0.609. The highest BCUT2D eigenvalue weighted by molar-refractivity contribution is 14.1. The summed E-state index contributed by atoms with van der Waals surface area (Å²) in [6, 6.07) is 48.8. The van der Waals surface area contributed by atoms with Crippen LogP contribution >= 0.6 is 22.6 Å². The van der Waals surface area contributed by atoms with E-state index < -0.39 is 0 Å². The van der Waals surface area contributed by atoms with Gasteiger partial charge in [0.15, 0.2) is 0 Å². The molecule has 0 saturated heterocycles. The van der Waals surface area contributed by atoms with Crippen molar-refractivity contribution in [3.05, 3.63) is 163 Å². The predicted octanol–water partition coefficient (Wildman–Crippen LogP) is 11.9.